The number of fused-ring (bicyclic) bond motifs is 1. The van der Waals surface area contributed by atoms with Crippen molar-refractivity contribution in [2.75, 3.05) is 13.7 Å². The summed E-state index contributed by atoms with van der Waals surface area (Å²) in [6.07, 6.45) is 6.98. The van der Waals surface area contributed by atoms with Crippen LogP contribution in [0.3, 0.4) is 0 Å². The third-order valence-corrected chi connectivity index (χ3v) is 5.01. The van der Waals surface area contributed by atoms with E-state index in [1.165, 1.54) is 19.2 Å². The van der Waals surface area contributed by atoms with Crippen LogP contribution in [0.25, 0.3) is 6.08 Å². The van der Waals surface area contributed by atoms with E-state index in [9.17, 15) is 24.6 Å². The van der Waals surface area contributed by atoms with E-state index in [2.05, 4.69) is 5.32 Å². The number of amides is 1. The van der Waals surface area contributed by atoms with Crippen LogP contribution >= 0.6 is 0 Å². The van der Waals surface area contributed by atoms with Gasteiger partial charge >= 0.3 is 12.1 Å². The van der Waals surface area contributed by atoms with Crippen LogP contribution in [0.15, 0.2) is 30.4 Å². The zero-order chi connectivity index (χ0) is 23.5. The number of hydrogen-bond acceptors (Lipinski definition) is 7. The van der Waals surface area contributed by atoms with Gasteiger partial charge in [-0.05, 0) is 55.9 Å². The van der Waals surface area contributed by atoms with Gasteiger partial charge in [-0.2, -0.15) is 0 Å². The first kappa shape index (κ1) is 25.1. The Labute approximate surface area is 187 Å². The number of cyclic esters (lactones) is 1. The Morgan fingerprint density at radius 3 is 2.69 bits per heavy atom. The highest BCUT2D eigenvalue weighted by Gasteiger charge is 2.22. The molecule has 1 amide bonds. The average molecular weight is 446 g/mol. The molecule has 174 valence electrons. The molecule has 3 N–H and O–H groups in total. The second-order valence-corrected chi connectivity index (χ2v) is 7.69. The van der Waals surface area contributed by atoms with E-state index in [1.807, 2.05) is 0 Å². The van der Waals surface area contributed by atoms with Gasteiger partial charge in [0.05, 0.1) is 12.7 Å². The van der Waals surface area contributed by atoms with Gasteiger partial charge in [0.2, 0.25) is 0 Å². The SMILES string of the molecule is CNC(=O)OCCCCc1ccc(O)c2c1/C=C/C[C@H](O)CC(=O)/C=C\C[C@H](C)OC2=O. The van der Waals surface area contributed by atoms with E-state index in [1.54, 1.807) is 31.2 Å². The van der Waals surface area contributed by atoms with E-state index in [4.69, 9.17) is 9.47 Å². The number of phenolic OH excluding ortho intramolecular Hbond substituents is 1. The molecule has 8 nitrogen and oxygen atoms in total. The number of ketones is 1. The number of ether oxygens (including phenoxy) is 2. The Morgan fingerprint density at radius 1 is 1.19 bits per heavy atom. The minimum absolute atomic E-state index is 0.0000992. The average Bonchev–Trinajstić information content (AvgIpc) is 2.73. The van der Waals surface area contributed by atoms with Crippen molar-refractivity contribution in [2.45, 2.75) is 57.7 Å². The van der Waals surface area contributed by atoms with Crippen LogP contribution < -0.4 is 5.32 Å². The number of alkyl carbamates (subject to hydrolysis) is 1. The summed E-state index contributed by atoms with van der Waals surface area (Å²) in [6.45, 7) is 1.97. The van der Waals surface area contributed by atoms with Crippen LogP contribution in [0, 0.1) is 0 Å². The third-order valence-electron chi connectivity index (χ3n) is 5.01. The second kappa shape index (κ2) is 12.7. The fourth-order valence-electron chi connectivity index (χ4n) is 3.34. The molecule has 0 saturated heterocycles. The maximum absolute atomic E-state index is 12.9. The molecule has 2 rings (SSSR count). The van der Waals surface area contributed by atoms with Crippen molar-refractivity contribution in [3.63, 3.8) is 0 Å². The molecule has 0 radical (unpaired) electrons. The number of rotatable bonds is 5. The highest BCUT2D eigenvalue weighted by atomic mass is 16.5. The molecular weight excluding hydrogens is 414 g/mol. The first-order valence-electron chi connectivity index (χ1n) is 10.8. The standard InChI is InChI=1S/C24H31NO7/c1-16-7-5-9-18(26)15-19(27)10-6-11-20-17(8-3-4-14-31-24(30)25-2)12-13-21(28)22(20)23(29)32-16/h5-6,9,11-13,16,19,27-28H,3-4,7-8,10,14-15H2,1-2H3,(H,25,30)/b9-5-,11-6+/t16-,19-/m0/s1. The smallest absolute Gasteiger partial charge is 0.406 e. The summed E-state index contributed by atoms with van der Waals surface area (Å²) >= 11 is 0. The highest BCUT2D eigenvalue weighted by Crippen LogP contribution is 2.29. The van der Waals surface area contributed by atoms with Crippen molar-refractivity contribution in [1.29, 1.82) is 0 Å². The summed E-state index contributed by atoms with van der Waals surface area (Å²) in [5.41, 5.74) is 1.40. The van der Waals surface area contributed by atoms with E-state index in [0.717, 1.165) is 5.56 Å². The molecule has 1 aliphatic rings. The highest BCUT2D eigenvalue weighted by molar-refractivity contribution is 5.97. The molecule has 1 heterocycles. The topological polar surface area (TPSA) is 122 Å². The van der Waals surface area contributed by atoms with E-state index >= 15 is 0 Å². The van der Waals surface area contributed by atoms with Gasteiger partial charge in [0.15, 0.2) is 5.78 Å². The van der Waals surface area contributed by atoms with Crippen LogP contribution in [0.4, 0.5) is 4.79 Å². The molecule has 0 spiro atoms. The number of unbranched alkanes of at least 4 members (excludes halogenated alkanes) is 1. The maximum atomic E-state index is 12.9. The molecule has 1 aromatic rings. The lowest BCUT2D eigenvalue weighted by Gasteiger charge is -2.17. The fraction of sp³-hybridized carbons (Fsp3) is 0.458. The predicted octanol–water partition coefficient (Wildman–Crippen LogP) is 3.30. The van der Waals surface area contributed by atoms with Crippen LogP contribution in [-0.2, 0) is 20.7 Å². The number of aryl methyl sites for hydroxylation is 1. The Balaban J connectivity index is 2.27. The number of carbonyl (C=O) groups is 3. The quantitative estimate of drug-likeness (QED) is 0.469. The third kappa shape index (κ3) is 7.85. The summed E-state index contributed by atoms with van der Waals surface area (Å²) in [5.74, 6) is -1.04. The normalized spacial score (nSPS) is 21.6. The summed E-state index contributed by atoms with van der Waals surface area (Å²) < 4.78 is 10.5. The minimum Gasteiger partial charge on any atom is -0.507 e. The zero-order valence-electron chi connectivity index (χ0n) is 18.5. The molecule has 0 fully saturated rings. The molecule has 0 bridgehead atoms. The van der Waals surface area contributed by atoms with Gasteiger partial charge in [-0.3, -0.25) is 4.79 Å². The van der Waals surface area contributed by atoms with Gasteiger partial charge in [0.25, 0.3) is 0 Å². The number of aromatic hydroxyl groups is 1. The number of allylic oxidation sites excluding steroid dienone is 1. The number of esters is 1. The van der Waals surface area contributed by atoms with Gasteiger partial charge in [-0.25, -0.2) is 9.59 Å². The largest absolute Gasteiger partial charge is 0.507 e. The zero-order valence-corrected chi connectivity index (χ0v) is 18.5. The fourth-order valence-corrected chi connectivity index (χ4v) is 3.34. The number of hydrogen-bond donors (Lipinski definition) is 3. The molecule has 0 saturated carbocycles. The van der Waals surface area contributed by atoms with Crippen molar-refractivity contribution in [1.82, 2.24) is 5.32 Å². The molecule has 32 heavy (non-hydrogen) atoms. The summed E-state index contributed by atoms with van der Waals surface area (Å²) in [6, 6.07) is 3.20. The first-order chi connectivity index (χ1) is 15.3. The van der Waals surface area contributed by atoms with Crippen molar-refractivity contribution in [3.05, 3.63) is 47.1 Å². The summed E-state index contributed by atoms with van der Waals surface area (Å²) in [5, 5.41) is 22.9. The molecule has 1 aromatic carbocycles. The minimum atomic E-state index is -0.846. The summed E-state index contributed by atoms with van der Waals surface area (Å²) in [4.78, 5) is 35.9. The van der Waals surface area contributed by atoms with Gasteiger partial charge in [0.1, 0.15) is 17.4 Å². The second-order valence-electron chi connectivity index (χ2n) is 7.69. The lowest BCUT2D eigenvalue weighted by Crippen LogP contribution is -2.19. The Morgan fingerprint density at radius 2 is 1.94 bits per heavy atom. The van der Waals surface area contributed by atoms with Crippen molar-refractivity contribution >= 4 is 23.9 Å². The molecule has 1 aliphatic heterocycles. The molecule has 0 aromatic heterocycles. The molecular formula is C24H31NO7. The van der Waals surface area contributed by atoms with Gasteiger partial charge in [-0.1, -0.05) is 24.3 Å². The summed E-state index contributed by atoms with van der Waals surface area (Å²) in [7, 11) is 1.49. The monoisotopic (exact) mass is 445 g/mol. The molecule has 2 atom stereocenters. The van der Waals surface area contributed by atoms with Crippen molar-refractivity contribution in [3.8, 4) is 5.75 Å². The number of carbonyl (C=O) groups excluding carboxylic acids is 3. The van der Waals surface area contributed by atoms with E-state index < -0.39 is 24.3 Å². The molecule has 0 unspecified atom stereocenters. The number of nitrogens with one attached hydrogen (secondary N) is 1. The van der Waals surface area contributed by atoms with Crippen LogP contribution in [0.5, 0.6) is 5.75 Å². The lowest BCUT2D eigenvalue weighted by atomic mass is 9.95. The van der Waals surface area contributed by atoms with E-state index in [0.29, 0.717) is 31.2 Å². The maximum Gasteiger partial charge on any atom is 0.406 e. The van der Waals surface area contributed by atoms with Crippen molar-refractivity contribution < 1.29 is 34.1 Å². The van der Waals surface area contributed by atoms with Gasteiger partial charge < -0.3 is 25.0 Å². The number of aliphatic hydroxyl groups is 1. The lowest BCUT2D eigenvalue weighted by molar-refractivity contribution is -0.116. The van der Waals surface area contributed by atoms with Crippen LogP contribution in [0.2, 0.25) is 0 Å². The van der Waals surface area contributed by atoms with Crippen molar-refractivity contribution in [2.24, 2.45) is 0 Å². The molecule has 0 aliphatic carbocycles. The number of benzene rings is 1. The Hall–Kier alpha value is -3.13. The van der Waals surface area contributed by atoms with Crippen LogP contribution in [-0.4, -0.2) is 53.9 Å². The number of phenols is 1. The van der Waals surface area contributed by atoms with Gasteiger partial charge in [-0.15, -0.1) is 0 Å². The molecule has 8 heteroatoms. The predicted molar refractivity (Wildman–Crippen MR) is 119 cm³/mol. The van der Waals surface area contributed by atoms with Crippen LogP contribution in [0.1, 0.15) is 60.5 Å². The first-order valence-corrected chi connectivity index (χ1v) is 10.8. The van der Waals surface area contributed by atoms with E-state index in [-0.39, 0.29) is 36.5 Å². The Bertz CT molecular complexity index is 875. The number of aliphatic hydroxyl groups excluding tert-OH is 1. The van der Waals surface area contributed by atoms with Gasteiger partial charge in [0, 0.05) is 19.9 Å². The Kier molecular flexibility index (Phi) is 9.94.